The van der Waals surface area contributed by atoms with Crippen LogP contribution in [0.4, 0.5) is 18.9 Å². The molecular formula is C20H17F3N4O. The summed E-state index contributed by atoms with van der Waals surface area (Å²) in [5, 5.41) is 4.37. The maximum atomic E-state index is 13.2. The van der Waals surface area contributed by atoms with E-state index in [1.165, 1.54) is 17.0 Å². The van der Waals surface area contributed by atoms with Crippen molar-refractivity contribution in [1.29, 1.82) is 0 Å². The van der Waals surface area contributed by atoms with Crippen LogP contribution in [0.15, 0.2) is 48.8 Å². The Labute approximate surface area is 159 Å². The van der Waals surface area contributed by atoms with Crippen molar-refractivity contribution >= 4 is 11.6 Å². The van der Waals surface area contributed by atoms with Crippen LogP contribution in [-0.2, 0) is 6.18 Å². The number of alkyl halides is 3. The fourth-order valence-electron chi connectivity index (χ4n) is 3.44. The van der Waals surface area contributed by atoms with E-state index in [0.717, 1.165) is 23.4 Å². The van der Waals surface area contributed by atoms with Crippen LogP contribution in [-0.4, -0.2) is 27.2 Å². The molecule has 0 aliphatic carbocycles. The Hall–Kier alpha value is -3.16. The number of pyridine rings is 1. The molecule has 1 aliphatic rings. The van der Waals surface area contributed by atoms with Gasteiger partial charge in [0.05, 0.1) is 17.8 Å². The van der Waals surface area contributed by atoms with E-state index in [9.17, 15) is 18.0 Å². The van der Waals surface area contributed by atoms with Gasteiger partial charge in [-0.3, -0.25) is 14.5 Å². The van der Waals surface area contributed by atoms with Gasteiger partial charge in [-0.2, -0.15) is 18.3 Å². The molecule has 8 heteroatoms. The molecular weight excluding hydrogens is 369 g/mol. The smallest absolute Gasteiger partial charge is 0.305 e. The van der Waals surface area contributed by atoms with Crippen LogP contribution in [0.25, 0.3) is 11.1 Å². The first-order chi connectivity index (χ1) is 13.3. The average molecular weight is 386 g/mol. The molecule has 144 valence electrons. The van der Waals surface area contributed by atoms with Gasteiger partial charge in [0.1, 0.15) is 5.69 Å². The minimum absolute atomic E-state index is 0.119. The van der Waals surface area contributed by atoms with E-state index in [1.54, 1.807) is 23.1 Å². The Kier molecular flexibility index (Phi) is 4.21. The lowest BCUT2D eigenvalue weighted by atomic mass is 10.0. The molecule has 0 N–H and O–H groups in total. The van der Waals surface area contributed by atoms with Crippen molar-refractivity contribution in [3.05, 3.63) is 65.7 Å². The second-order valence-corrected chi connectivity index (χ2v) is 6.85. The van der Waals surface area contributed by atoms with Crippen molar-refractivity contribution in [2.24, 2.45) is 0 Å². The third kappa shape index (κ3) is 3.04. The molecule has 0 fully saturated rings. The number of carbonyl (C=O) groups excluding carboxylic acids is 1. The number of anilines is 1. The van der Waals surface area contributed by atoms with Gasteiger partial charge < -0.3 is 4.90 Å². The Morgan fingerprint density at radius 1 is 1.14 bits per heavy atom. The summed E-state index contributed by atoms with van der Waals surface area (Å²) in [6.45, 7) is 4.10. The zero-order valence-corrected chi connectivity index (χ0v) is 15.2. The lowest BCUT2D eigenvalue weighted by Crippen LogP contribution is -2.42. The Morgan fingerprint density at radius 2 is 1.86 bits per heavy atom. The maximum Gasteiger partial charge on any atom is 0.416 e. The number of carbonyl (C=O) groups is 1. The monoisotopic (exact) mass is 386 g/mol. The lowest BCUT2D eigenvalue weighted by Gasteiger charge is -2.32. The second kappa shape index (κ2) is 6.47. The van der Waals surface area contributed by atoms with Gasteiger partial charge in [0, 0.05) is 29.7 Å². The molecule has 5 nitrogen and oxygen atoms in total. The number of hydrogen-bond donors (Lipinski definition) is 0. The van der Waals surface area contributed by atoms with Gasteiger partial charge in [0.25, 0.3) is 5.91 Å². The molecule has 1 unspecified atom stereocenters. The molecule has 0 saturated carbocycles. The minimum atomic E-state index is -4.41. The Bertz CT molecular complexity index is 1040. The fraction of sp³-hybridized carbons (Fsp3) is 0.250. The van der Waals surface area contributed by atoms with Gasteiger partial charge in [0.2, 0.25) is 0 Å². The molecule has 1 aliphatic heterocycles. The molecule has 0 radical (unpaired) electrons. The number of amides is 1. The molecule has 1 atom stereocenters. The molecule has 1 amide bonds. The SMILES string of the molecule is Cc1cc(-c2cnn3c2C(=O)N(c2ccc(C(F)(F)F)cc2)CC3C)ccn1. The van der Waals surface area contributed by atoms with Gasteiger partial charge in [-0.1, -0.05) is 0 Å². The van der Waals surface area contributed by atoms with Crippen LogP contribution < -0.4 is 4.90 Å². The predicted molar refractivity (Wildman–Crippen MR) is 98.0 cm³/mol. The van der Waals surface area contributed by atoms with E-state index in [1.807, 2.05) is 19.9 Å². The zero-order valence-electron chi connectivity index (χ0n) is 15.2. The van der Waals surface area contributed by atoms with Crippen LogP contribution in [0.2, 0.25) is 0 Å². The fourth-order valence-corrected chi connectivity index (χ4v) is 3.44. The van der Waals surface area contributed by atoms with Crippen molar-refractivity contribution in [3.8, 4) is 11.1 Å². The normalized spacial score (nSPS) is 17.0. The lowest BCUT2D eigenvalue weighted by molar-refractivity contribution is -0.137. The summed E-state index contributed by atoms with van der Waals surface area (Å²) >= 11 is 0. The summed E-state index contributed by atoms with van der Waals surface area (Å²) in [4.78, 5) is 18.9. The van der Waals surface area contributed by atoms with Gasteiger partial charge >= 0.3 is 6.18 Å². The highest BCUT2D eigenvalue weighted by Gasteiger charge is 2.35. The van der Waals surface area contributed by atoms with Crippen LogP contribution in [0.1, 0.15) is 34.7 Å². The first kappa shape index (κ1) is 18.2. The zero-order chi connectivity index (χ0) is 20.1. The molecule has 4 rings (SSSR count). The molecule has 0 bridgehead atoms. The summed E-state index contributed by atoms with van der Waals surface area (Å²) in [5.74, 6) is -0.292. The van der Waals surface area contributed by atoms with Gasteiger partial charge in [0.15, 0.2) is 0 Å². The highest BCUT2D eigenvalue weighted by atomic mass is 19.4. The Morgan fingerprint density at radius 3 is 2.50 bits per heavy atom. The molecule has 2 aromatic heterocycles. The van der Waals surface area contributed by atoms with Crippen molar-refractivity contribution in [1.82, 2.24) is 14.8 Å². The highest BCUT2D eigenvalue weighted by Crippen LogP contribution is 2.34. The summed E-state index contributed by atoms with van der Waals surface area (Å²) in [5.41, 5.74) is 2.42. The van der Waals surface area contributed by atoms with E-state index in [-0.39, 0.29) is 11.9 Å². The first-order valence-electron chi connectivity index (χ1n) is 8.75. The summed E-state index contributed by atoms with van der Waals surface area (Å²) in [6.07, 6.45) is -1.10. The van der Waals surface area contributed by atoms with Crippen LogP contribution in [0.3, 0.4) is 0 Å². The van der Waals surface area contributed by atoms with E-state index < -0.39 is 11.7 Å². The third-order valence-electron chi connectivity index (χ3n) is 4.82. The molecule has 0 saturated heterocycles. The van der Waals surface area contributed by atoms with E-state index in [4.69, 9.17) is 0 Å². The summed E-state index contributed by atoms with van der Waals surface area (Å²) in [7, 11) is 0. The maximum absolute atomic E-state index is 13.2. The number of halogens is 3. The largest absolute Gasteiger partial charge is 0.416 e. The van der Waals surface area contributed by atoms with Crippen LogP contribution in [0.5, 0.6) is 0 Å². The Balaban J connectivity index is 1.75. The standard InChI is InChI=1S/C20H17F3N4O/c1-12-9-14(7-8-24-12)17-10-25-27-13(2)11-26(19(28)18(17)27)16-5-3-15(4-6-16)20(21,22)23/h3-10,13H,11H2,1-2H3. The molecule has 3 aromatic rings. The van der Waals surface area contributed by atoms with E-state index in [2.05, 4.69) is 10.1 Å². The average Bonchev–Trinajstić information content (AvgIpc) is 3.10. The first-order valence-corrected chi connectivity index (χ1v) is 8.75. The summed E-state index contributed by atoms with van der Waals surface area (Å²) < 4.78 is 40.2. The third-order valence-corrected chi connectivity index (χ3v) is 4.82. The predicted octanol–water partition coefficient (Wildman–Crippen LogP) is 4.49. The van der Waals surface area contributed by atoms with Gasteiger partial charge in [-0.15, -0.1) is 0 Å². The molecule has 28 heavy (non-hydrogen) atoms. The number of benzene rings is 1. The number of fused-ring (bicyclic) bond motifs is 1. The second-order valence-electron chi connectivity index (χ2n) is 6.85. The number of hydrogen-bond acceptors (Lipinski definition) is 3. The van der Waals surface area contributed by atoms with Gasteiger partial charge in [-0.25, -0.2) is 0 Å². The molecule has 0 spiro atoms. The van der Waals surface area contributed by atoms with Gasteiger partial charge in [-0.05, 0) is 55.8 Å². The molecule has 1 aromatic carbocycles. The van der Waals surface area contributed by atoms with Crippen molar-refractivity contribution in [2.75, 3.05) is 11.4 Å². The number of nitrogens with zero attached hydrogens (tertiary/aromatic N) is 4. The van der Waals surface area contributed by atoms with Crippen LogP contribution in [0, 0.1) is 6.92 Å². The highest BCUT2D eigenvalue weighted by molar-refractivity contribution is 6.09. The van der Waals surface area contributed by atoms with E-state index >= 15 is 0 Å². The molecule has 3 heterocycles. The van der Waals surface area contributed by atoms with Crippen molar-refractivity contribution in [2.45, 2.75) is 26.1 Å². The minimum Gasteiger partial charge on any atom is -0.305 e. The van der Waals surface area contributed by atoms with Crippen molar-refractivity contribution in [3.63, 3.8) is 0 Å². The number of aryl methyl sites for hydroxylation is 1. The topological polar surface area (TPSA) is 51.0 Å². The number of rotatable bonds is 2. The van der Waals surface area contributed by atoms with E-state index in [0.29, 0.717) is 23.5 Å². The van der Waals surface area contributed by atoms with Crippen LogP contribution >= 0.6 is 0 Å². The quantitative estimate of drug-likeness (QED) is 0.652. The number of aromatic nitrogens is 3. The summed E-state index contributed by atoms with van der Waals surface area (Å²) in [6, 6.07) is 8.20. The van der Waals surface area contributed by atoms with Crippen molar-refractivity contribution < 1.29 is 18.0 Å².